The van der Waals surface area contributed by atoms with Gasteiger partial charge in [-0.2, -0.15) is 0 Å². The molecule has 0 saturated heterocycles. The van der Waals surface area contributed by atoms with Gasteiger partial charge >= 0.3 is 0 Å². The Bertz CT molecular complexity index is 584. The summed E-state index contributed by atoms with van der Waals surface area (Å²) in [4.78, 5) is 13.7. The molecule has 2 aromatic rings. The van der Waals surface area contributed by atoms with Gasteiger partial charge in [-0.15, -0.1) is 0 Å². The molecule has 2 aromatic carbocycles. The van der Waals surface area contributed by atoms with Gasteiger partial charge in [-0.25, -0.2) is 8.78 Å². The summed E-state index contributed by atoms with van der Waals surface area (Å²) in [5, 5.41) is 0. The second kappa shape index (κ2) is 5.61. The first-order chi connectivity index (χ1) is 9.13. The van der Waals surface area contributed by atoms with E-state index in [1.807, 2.05) is 6.07 Å². The van der Waals surface area contributed by atoms with Crippen molar-refractivity contribution < 1.29 is 13.6 Å². The Balaban J connectivity index is 2.39. The van der Waals surface area contributed by atoms with Gasteiger partial charge in [0.05, 0.1) is 5.56 Å². The molecule has 0 N–H and O–H groups in total. The minimum Gasteiger partial charge on any atom is -0.309 e. The van der Waals surface area contributed by atoms with Crippen LogP contribution in [0.15, 0.2) is 48.5 Å². The summed E-state index contributed by atoms with van der Waals surface area (Å²) in [6.07, 6.45) is 0. The summed E-state index contributed by atoms with van der Waals surface area (Å²) in [7, 11) is 0. The van der Waals surface area contributed by atoms with Gasteiger partial charge in [-0.3, -0.25) is 4.79 Å². The molecule has 2 nitrogen and oxygen atoms in total. The van der Waals surface area contributed by atoms with Crippen LogP contribution in [0.25, 0.3) is 0 Å². The molecule has 0 spiro atoms. The molecule has 0 aliphatic carbocycles. The molecule has 0 unspecified atom stereocenters. The molecule has 2 rings (SSSR count). The fourth-order valence-corrected chi connectivity index (χ4v) is 1.86. The highest BCUT2D eigenvalue weighted by atomic mass is 19.1. The predicted molar refractivity (Wildman–Crippen MR) is 70.2 cm³/mol. The van der Waals surface area contributed by atoms with Gasteiger partial charge in [-0.05, 0) is 37.3 Å². The molecule has 0 atom stereocenters. The minimum absolute atomic E-state index is 0.259. The van der Waals surface area contributed by atoms with E-state index in [9.17, 15) is 13.6 Å². The third-order valence-electron chi connectivity index (χ3n) is 2.79. The van der Waals surface area contributed by atoms with Crippen LogP contribution in [-0.2, 0) is 0 Å². The van der Waals surface area contributed by atoms with E-state index in [-0.39, 0.29) is 5.56 Å². The quantitative estimate of drug-likeness (QED) is 0.826. The number of anilines is 1. The third kappa shape index (κ3) is 2.78. The Kier molecular flexibility index (Phi) is 3.90. The van der Waals surface area contributed by atoms with Gasteiger partial charge in [0.2, 0.25) is 0 Å². The van der Waals surface area contributed by atoms with Crippen molar-refractivity contribution in [3.05, 3.63) is 65.7 Å². The zero-order valence-electron chi connectivity index (χ0n) is 10.4. The molecule has 0 heterocycles. The summed E-state index contributed by atoms with van der Waals surface area (Å²) in [5.41, 5.74) is 0.393. The number of carbonyl (C=O) groups is 1. The number of hydrogen-bond donors (Lipinski definition) is 0. The first kappa shape index (κ1) is 13.2. The van der Waals surface area contributed by atoms with Crippen LogP contribution in [0.1, 0.15) is 17.3 Å². The van der Waals surface area contributed by atoms with E-state index in [2.05, 4.69) is 0 Å². The number of nitrogens with zero attached hydrogens (tertiary/aromatic N) is 1. The highest BCUT2D eigenvalue weighted by Gasteiger charge is 2.19. The van der Waals surface area contributed by atoms with Crippen molar-refractivity contribution in [2.24, 2.45) is 0 Å². The lowest BCUT2D eigenvalue weighted by Gasteiger charge is -2.21. The molecular weight excluding hydrogens is 248 g/mol. The van der Waals surface area contributed by atoms with Crippen molar-refractivity contribution in [2.45, 2.75) is 6.92 Å². The molecule has 0 radical (unpaired) electrons. The van der Waals surface area contributed by atoms with Crippen LogP contribution in [-0.4, -0.2) is 12.5 Å². The van der Waals surface area contributed by atoms with E-state index in [1.54, 1.807) is 31.2 Å². The largest absolute Gasteiger partial charge is 0.309 e. The lowest BCUT2D eigenvalue weighted by Crippen LogP contribution is -2.31. The molecule has 98 valence electrons. The van der Waals surface area contributed by atoms with Crippen LogP contribution in [0.5, 0.6) is 0 Å². The van der Waals surface area contributed by atoms with Gasteiger partial charge in [0.1, 0.15) is 11.6 Å². The number of carbonyl (C=O) groups excluding carboxylic acids is 1. The maximum Gasteiger partial charge on any atom is 0.261 e. The molecule has 0 saturated carbocycles. The van der Waals surface area contributed by atoms with Crippen LogP contribution >= 0.6 is 0 Å². The lowest BCUT2D eigenvalue weighted by molar-refractivity contribution is 0.0984. The zero-order chi connectivity index (χ0) is 13.8. The summed E-state index contributed by atoms with van der Waals surface area (Å²) in [6, 6.07) is 11.8. The Hall–Kier alpha value is -2.23. The Morgan fingerprint density at radius 2 is 1.79 bits per heavy atom. The van der Waals surface area contributed by atoms with Crippen molar-refractivity contribution in [2.75, 3.05) is 11.4 Å². The van der Waals surface area contributed by atoms with Crippen molar-refractivity contribution in [1.82, 2.24) is 0 Å². The van der Waals surface area contributed by atoms with Crippen LogP contribution in [0.3, 0.4) is 0 Å². The molecular formula is C15H13F2NO. The van der Waals surface area contributed by atoms with Crippen LogP contribution in [0.2, 0.25) is 0 Å². The van der Waals surface area contributed by atoms with E-state index in [4.69, 9.17) is 0 Å². The summed E-state index contributed by atoms with van der Waals surface area (Å²) < 4.78 is 26.8. The van der Waals surface area contributed by atoms with Gasteiger partial charge in [0, 0.05) is 12.2 Å². The van der Waals surface area contributed by atoms with Crippen LogP contribution < -0.4 is 4.90 Å². The topological polar surface area (TPSA) is 20.3 Å². The molecule has 0 aliphatic rings. The molecule has 19 heavy (non-hydrogen) atoms. The van der Waals surface area contributed by atoms with Crippen molar-refractivity contribution in [1.29, 1.82) is 0 Å². The zero-order valence-corrected chi connectivity index (χ0v) is 10.4. The fourth-order valence-electron chi connectivity index (χ4n) is 1.86. The average Bonchev–Trinajstić information content (AvgIpc) is 2.43. The molecule has 4 heteroatoms. The van der Waals surface area contributed by atoms with Crippen LogP contribution in [0, 0.1) is 11.6 Å². The second-order valence-electron chi connectivity index (χ2n) is 4.01. The smallest absolute Gasteiger partial charge is 0.261 e. The summed E-state index contributed by atoms with van der Waals surface area (Å²) in [6.45, 7) is 2.15. The highest BCUT2D eigenvalue weighted by Crippen LogP contribution is 2.18. The molecule has 0 aliphatic heterocycles. The number of para-hydroxylation sites is 1. The van der Waals surface area contributed by atoms with Gasteiger partial charge in [0.25, 0.3) is 5.91 Å². The van der Waals surface area contributed by atoms with E-state index in [0.717, 1.165) is 18.2 Å². The number of amides is 1. The first-order valence-electron chi connectivity index (χ1n) is 5.95. The predicted octanol–water partition coefficient (Wildman–Crippen LogP) is 3.63. The van der Waals surface area contributed by atoms with E-state index >= 15 is 0 Å². The lowest BCUT2D eigenvalue weighted by atomic mass is 10.1. The van der Waals surface area contributed by atoms with E-state index in [1.165, 1.54) is 4.90 Å². The van der Waals surface area contributed by atoms with Crippen LogP contribution in [0.4, 0.5) is 14.5 Å². The highest BCUT2D eigenvalue weighted by molar-refractivity contribution is 6.06. The maximum absolute atomic E-state index is 13.6. The van der Waals surface area contributed by atoms with E-state index in [0.29, 0.717) is 12.2 Å². The van der Waals surface area contributed by atoms with Crippen molar-refractivity contribution in [3.63, 3.8) is 0 Å². The summed E-state index contributed by atoms with van der Waals surface area (Å²) >= 11 is 0. The SMILES string of the molecule is CCN(C(=O)c1cc(F)ccc1F)c1ccccc1. The van der Waals surface area contributed by atoms with Gasteiger partial charge in [-0.1, -0.05) is 18.2 Å². The Morgan fingerprint density at radius 1 is 1.11 bits per heavy atom. The number of hydrogen-bond acceptors (Lipinski definition) is 1. The molecule has 0 fully saturated rings. The number of rotatable bonds is 3. The van der Waals surface area contributed by atoms with Gasteiger partial charge < -0.3 is 4.90 Å². The normalized spacial score (nSPS) is 10.3. The van der Waals surface area contributed by atoms with Crippen molar-refractivity contribution in [3.8, 4) is 0 Å². The minimum atomic E-state index is -0.721. The molecule has 0 bridgehead atoms. The molecule has 0 aromatic heterocycles. The Morgan fingerprint density at radius 3 is 2.42 bits per heavy atom. The van der Waals surface area contributed by atoms with Crippen molar-refractivity contribution >= 4 is 11.6 Å². The second-order valence-corrected chi connectivity index (χ2v) is 4.01. The monoisotopic (exact) mass is 261 g/mol. The van der Waals surface area contributed by atoms with E-state index < -0.39 is 17.5 Å². The molecule has 1 amide bonds. The summed E-state index contributed by atoms with van der Waals surface area (Å²) in [5.74, 6) is -1.90. The standard InChI is InChI=1S/C15H13F2NO/c1-2-18(12-6-4-3-5-7-12)15(19)13-10-11(16)8-9-14(13)17/h3-10H,2H2,1H3. The number of halogens is 2. The van der Waals surface area contributed by atoms with Gasteiger partial charge in [0.15, 0.2) is 0 Å². The first-order valence-corrected chi connectivity index (χ1v) is 5.95. The third-order valence-corrected chi connectivity index (χ3v) is 2.79. The fraction of sp³-hybridized carbons (Fsp3) is 0.133. The number of benzene rings is 2. The Labute approximate surface area is 110 Å². The average molecular weight is 261 g/mol. The maximum atomic E-state index is 13.6.